The third kappa shape index (κ3) is 2.94. The van der Waals surface area contributed by atoms with Gasteiger partial charge in [0, 0.05) is 18.8 Å². The minimum absolute atomic E-state index is 0.164. The van der Waals surface area contributed by atoms with E-state index < -0.39 is 0 Å². The zero-order chi connectivity index (χ0) is 9.84. The van der Waals surface area contributed by atoms with Crippen LogP contribution in [0.15, 0.2) is 0 Å². The van der Waals surface area contributed by atoms with Crippen molar-refractivity contribution in [3.05, 3.63) is 0 Å². The molecule has 0 amide bonds. The van der Waals surface area contributed by atoms with Crippen molar-refractivity contribution in [1.29, 1.82) is 0 Å². The maximum atomic E-state index is 11.5. The van der Waals surface area contributed by atoms with Gasteiger partial charge in [-0.15, -0.1) is 0 Å². The van der Waals surface area contributed by atoms with E-state index in [0.29, 0.717) is 12.2 Å². The highest BCUT2D eigenvalue weighted by Gasteiger charge is 2.27. The molecule has 0 aromatic carbocycles. The molecule has 0 aliphatic heterocycles. The highest BCUT2D eigenvalue weighted by atomic mass is 16.1. The van der Waals surface area contributed by atoms with Crippen LogP contribution in [0.3, 0.4) is 0 Å². The van der Waals surface area contributed by atoms with Gasteiger partial charge in [-0.3, -0.25) is 4.79 Å². The smallest absolute Gasteiger partial charge is 0.136 e. The van der Waals surface area contributed by atoms with Crippen molar-refractivity contribution in [2.24, 2.45) is 11.8 Å². The van der Waals surface area contributed by atoms with Gasteiger partial charge in [0.2, 0.25) is 0 Å². The lowest BCUT2D eigenvalue weighted by Crippen LogP contribution is -2.26. The topological polar surface area (TPSA) is 34.1 Å². The molecule has 0 aromatic heterocycles. The van der Waals surface area contributed by atoms with Gasteiger partial charge in [-0.1, -0.05) is 13.3 Å². The molecule has 1 aliphatic rings. The second kappa shape index (κ2) is 4.54. The SMILES string of the molecule is CC(=O)CC(C)C1CCCCC1=O. The molecular formula is C11H18O2. The monoisotopic (exact) mass is 182 g/mol. The summed E-state index contributed by atoms with van der Waals surface area (Å²) in [5.74, 6) is 0.994. The summed E-state index contributed by atoms with van der Waals surface area (Å²) in [6.07, 6.45) is 4.48. The fourth-order valence-corrected chi connectivity index (χ4v) is 2.21. The highest BCUT2D eigenvalue weighted by molar-refractivity contribution is 5.83. The van der Waals surface area contributed by atoms with Crippen LogP contribution in [0.4, 0.5) is 0 Å². The van der Waals surface area contributed by atoms with Gasteiger partial charge >= 0.3 is 0 Å². The number of ketones is 2. The standard InChI is InChI=1S/C11H18O2/c1-8(7-9(2)12)10-5-3-4-6-11(10)13/h8,10H,3-7H2,1-2H3. The third-order valence-electron chi connectivity index (χ3n) is 2.90. The average Bonchev–Trinajstić information content (AvgIpc) is 2.03. The van der Waals surface area contributed by atoms with Crippen molar-refractivity contribution in [3.8, 4) is 0 Å². The van der Waals surface area contributed by atoms with Crippen molar-refractivity contribution in [2.75, 3.05) is 0 Å². The number of carbonyl (C=O) groups excluding carboxylic acids is 2. The van der Waals surface area contributed by atoms with Crippen molar-refractivity contribution in [3.63, 3.8) is 0 Å². The Morgan fingerprint density at radius 1 is 1.54 bits per heavy atom. The summed E-state index contributed by atoms with van der Waals surface area (Å²) in [7, 11) is 0. The van der Waals surface area contributed by atoms with Crippen LogP contribution in [-0.2, 0) is 9.59 Å². The number of hydrogen-bond acceptors (Lipinski definition) is 2. The highest BCUT2D eigenvalue weighted by Crippen LogP contribution is 2.28. The van der Waals surface area contributed by atoms with E-state index in [9.17, 15) is 9.59 Å². The van der Waals surface area contributed by atoms with Crippen LogP contribution in [0.2, 0.25) is 0 Å². The van der Waals surface area contributed by atoms with Crippen LogP contribution >= 0.6 is 0 Å². The normalized spacial score (nSPS) is 25.7. The number of hydrogen-bond donors (Lipinski definition) is 0. The van der Waals surface area contributed by atoms with Crippen LogP contribution in [0.5, 0.6) is 0 Å². The van der Waals surface area contributed by atoms with Crippen molar-refractivity contribution >= 4 is 11.6 Å². The van der Waals surface area contributed by atoms with E-state index in [0.717, 1.165) is 25.7 Å². The van der Waals surface area contributed by atoms with Crippen LogP contribution in [0.25, 0.3) is 0 Å². The molecule has 13 heavy (non-hydrogen) atoms. The largest absolute Gasteiger partial charge is 0.300 e. The lowest BCUT2D eigenvalue weighted by molar-refractivity contribution is -0.127. The molecule has 1 aliphatic carbocycles. The zero-order valence-corrected chi connectivity index (χ0v) is 8.51. The molecule has 0 saturated heterocycles. The second-order valence-corrected chi connectivity index (χ2v) is 4.20. The molecule has 74 valence electrons. The van der Waals surface area contributed by atoms with E-state index in [1.54, 1.807) is 6.92 Å². The van der Waals surface area contributed by atoms with E-state index >= 15 is 0 Å². The summed E-state index contributed by atoms with van der Waals surface area (Å²) in [5, 5.41) is 0. The molecule has 0 aromatic rings. The lowest BCUT2D eigenvalue weighted by Gasteiger charge is -2.25. The van der Waals surface area contributed by atoms with Crippen molar-refractivity contribution < 1.29 is 9.59 Å². The summed E-state index contributed by atoms with van der Waals surface area (Å²) in [4.78, 5) is 22.4. The van der Waals surface area contributed by atoms with Crippen LogP contribution in [0, 0.1) is 11.8 Å². The molecule has 1 saturated carbocycles. The van der Waals surface area contributed by atoms with Gasteiger partial charge in [-0.2, -0.15) is 0 Å². The molecule has 0 spiro atoms. The Balaban J connectivity index is 2.48. The molecule has 2 heteroatoms. The minimum atomic E-state index is 0.164. The van der Waals surface area contributed by atoms with Crippen molar-refractivity contribution in [2.45, 2.75) is 46.0 Å². The Bertz CT molecular complexity index is 208. The second-order valence-electron chi connectivity index (χ2n) is 4.20. The first-order valence-electron chi connectivity index (χ1n) is 5.13. The van der Waals surface area contributed by atoms with E-state index in [-0.39, 0.29) is 17.6 Å². The summed E-state index contributed by atoms with van der Waals surface area (Å²) in [6.45, 7) is 3.62. The molecule has 0 heterocycles. The summed E-state index contributed by atoms with van der Waals surface area (Å²) < 4.78 is 0. The summed E-state index contributed by atoms with van der Waals surface area (Å²) >= 11 is 0. The van der Waals surface area contributed by atoms with Gasteiger partial charge in [0.25, 0.3) is 0 Å². The maximum Gasteiger partial charge on any atom is 0.136 e. The van der Waals surface area contributed by atoms with Gasteiger partial charge < -0.3 is 4.79 Å². The Labute approximate surface area is 79.7 Å². The maximum absolute atomic E-state index is 11.5. The third-order valence-corrected chi connectivity index (χ3v) is 2.90. The predicted molar refractivity (Wildman–Crippen MR) is 51.4 cm³/mol. The summed E-state index contributed by atoms with van der Waals surface area (Å²) in [6, 6.07) is 0. The van der Waals surface area contributed by atoms with Gasteiger partial charge in [-0.05, 0) is 25.7 Å². The quantitative estimate of drug-likeness (QED) is 0.671. The van der Waals surface area contributed by atoms with E-state index in [4.69, 9.17) is 0 Å². The Morgan fingerprint density at radius 3 is 2.77 bits per heavy atom. The van der Waals surface area contributed by atoms with Gasteiger partial charge in [0.1, 0.15) is 11.6 Å². The Hall–Kier alpha value is -0.660. The number of carbonyl (C=O) groups is 2. The molecule has 2 unspecified atom stereocenters. The van der Waals surface area contributed by atoms with Gasteiger partial charge in [0.15, 0.2) is 0 Å². The van der Waals surface area contributed by atoms with Crippen LogP contribution < -0.4 is 0 Å². The molecule has 2 nitrogen and oxygen atoms in total. The van der Waals surface area contributed by atoms with Gasteiger partial charge in [-0.25, -0.2) is 0 Å². The molecule has 2 atom stereocenters. The average molecular weight is 182 g/mol. The first kappa shape index (κ1) is 10.4. The summed E-state index contributed by atoms with van der Waals surface area (Å²) in [5.41, 5.74) is 0. The Morgan fingerprint density at radius 2 is 2.23 bits per heavy atom. The molecule has 0 N–H and O–H groups in total. The molecule has 0 radical (unpaired) electrons. The van der Waals surface area contributed by atoms with Crippen LogP contribution in [-0.4, -0.2) is 11.6 Å². The van der Waals surface area contributed by atoms with Crippen molar-refractivity contribution in [1.82, 2.24) is 0 Å². The van der Waals surface area contributed by atoms with E-state index in [1.165, 1.54) is 0 Å². The molecule has 1 fully saturated rings. The molecular weight excluding hydrogens is 164 g/mol. The zero-order valence-electron chi connectivity index (χ0n) is 8.51. The van der Waals surface area contributed by atoms with E-state index in [2.05, 4.69) is 0 Å². The minimum Gasteiger partial charge on any atom is -0.300 e. The lowest BCUT2D eigenvalue weighted by atomic mass is 9.78. The molecule has 0 bridgehead atoms. The number of Topliss-reactive ketones (excluding diaryl/α,β-unsaturated/α-hetero) is 2. The fourth-order valence-electron chi connectivity index (χ4n) is 2.21. The van der Waals surface area contributed by atoms with E-state index in [1.807, 2.05) is 6.92 Å². The van der Waals surface area contributed by atoms with Gasteiger partial charge in [0.05, 0.1) is 0 Å². The first-order chi connectivity index (χ1) is 6.11. The first-order valence-corrected chi connectivity index (χ1v) is 5.13. The van der Waals surface area contributed by atoms with Crippen LogP contribution in [0.1, 0.15) is 46.0 Å². The number of rotatable bonds is 3. The predicted octanol–water partition coefficient (Wildman–Crippen LogP) is 2.36. The fraction of sp³-hybridized carbons (Fsp3) is 0.818. The Kier molecular flexibility index (Phi) is 3.64. The molecule has 1 rings (SSSR count).